The van der Waals surface area contributed by atoms with Crippen LogP contribution in [0.5, 0.6) is 0 Å². The highest BCUT2D eigenvalue weighted by molar-refractivity contribution is 5.92. The molecule has 2 N–H and O–H groups in total. The summed E-state index contributed by atoms with van der Waals surface area (Å²) in [7, 11) is 0. The van der Waals surface area contributed by atoms with Crippen LogP contribution >= 0.6 is 0 Å². The number of benzene rings is 1. The van der Waals surface area contributed by atoms with E-state index in [1.165, 1.54) is 29.5 Å². The zero-order chi connectivity index (χ0) is 11.5. The van der Waals surface area contributed by atoms with E-state index in [0.29, 0.717) is 5.56 Å². The van der Waals surface area contributed by atoms with Gasteiger partial charge in [0, 0.05) is 11.1 Å². The Labute approximate surface area is 90.7 Å². The first-order valence-corrected chi connectivity index (χ1v) is 4.57. The number of amides is 1. The molecule has 1 amide bonds. The van der Waals surface area contributed by atoms with Gasteiger partial charge in [0.15, 0.2) is 0 Å². The molecule has 5 nitrogen and oxygen atoms in total. The number of aromatic nitrogens is 3. The van der Waals surface area contributed by atoms with E-state index in [4.69, 9.17) is 5.73 Å². The molecule has 0 saturated heterocycles. The van der Waals surface area contributed by atoms with Gasteiger partial charge >= 0.3 is 0 Å². The molecule has 1 aromatic carbocycles. The van der Waals surface area contributed by atoms with Crippen LogP contribution in [0.4, 0.5) is 4.39 Å². The summed E-state index contributed by atoms with van der Waals surface area (Å²) in [4.78, 5) is 14.6. The highest BCUT2D eigenvalue weighted by atomic mass is 19.1. The molecule has 0 aliphatic carbocycles. The second-order valence-corrected chi connectivity index (χ2v) is 3.26. The lowest BCUT2D eigenvalue weighted by Crippen LogP contribution is -2.12. The Bertz CT molecular complexity index is 510. The second kappa shape index (κ2) is 4.09. The van der Waals surface area contributed by atoms with Gasteiger partial charge in [-0.25, -0.2) is 14.1 Å². The zero-order valence-corrected chi connectivity index (χ0v) is 8.30. The van der Waals surface area contributed by atoms with Crippen LogP contribution in [0, 0.1) is 5.82 Å². The summed E-state index contributed by atoms with van der Waals surface area (Å²) >= 11 is 0. The van der Waals surface area contributed by atoms with Gasteiger partial charge in [0.1, 0.15) is 18.5 Å². The number of hydrogen-bond acceptors (Lipinski definition) is 3. The number of primary amides is 1. The molecule has 16 heavy (non-hydrogen) atoms. The summed E-state index contributed by atoms with van der Waals surface area (Å²) < 4.78 is 15.0. The van der Waals surface area contributed by atoms with Gasteiger partial charge in [-0.1, -0.05) is 6.07 Å². The monoisotopic (exact) mass is 220 g/mol. The molecular weight excluding hydrogens is 211 g/mol. The fraction of sp³-hybridized carbons (Fsp3) is 0.100. The molecule has 0 bridgehead atoms. The number of carbonyl (C=O) groups is 1. The van der Waals surface area contributed by atoms with Crippen molar-refractivity contribution in [2.75, 3.05) is 0 Å². The first-order valence-electron chi connectivity index (χ1n) is 4.57. The summed E-state index contributed by atoms with van der Waals surface area (Å²) in [6, 6.07) is 4.11. The zero-order valence-electron chi connectivity index (χ0n) is 8.30. The lowest BCUT2D eigenvalue weighted by molar-refractivity contribution is 0.1000. The average molecular weight is 220 g/mol. The van der Waals surface area contributed by atoms with Crippen LogP contribution in [0.15, 0.2) is 30.9 Å². The smallest absolute Gasteiger partial charge is 0.248 e. The quantitative estimate of drug-likeness (QED) is 0.821. The molecule has 0 radical (unpaired) electrons. The summed E-state index contributed by atoms with van der Waals surface area (Å²) in [6.45, 7) is 0.269. The molecule has 0 spiro atoms. The fourth-order valence-corrected chi connectivity index (χ4v) is 1.32. The maximum atomic E-state index is 13.5. The number of nitrogens with two attached hydrogens (primary N) is 1. The Hall–Kier alpha value is -2.24. The van der Waals surface area contributed by atoms with Gasteiger partial charge in [-0.3, -0.25) is 4.79 Å². The van der Waals surface area contributed by atoms with Crippen LogP contribution in [0.2, 0.25) is 0 Å². The van der Waals surface area contributed by atoms with Crippen molar-refractivity contribution in [2.45, 2.75) is 6.54 Å². The van der Waals surface area contributed by atoms with E-state index in [1.54, 1.807) is 0 Å². The number of rotatable bonds is 3. The minimum atomic E-state index is -0.647. The molecule has 2 rings (SSSR count). The SMILES string of the molecule is NC(=O)c1ccc(Cn2cncn2)c(F)c1. The van der Waals surface area contributed by atoms with Crippen LogP contribution in [0.3, 0.4) is 0 Å². The maximum absolute atomic E-state index is 13.5. The molecule has 0 fully saturated rings. The van der Waals surface area contributed by atoms with Gasteiger partial charge in [0.25, 0.3) is 0 Å². The predicted octanol–water partition coefficient (Wildman–Crippen LogP) is 0.564. The maximum Gasteiger partial charge on any atom is 0.248 e. The highest BCUT2D eigenvalue weighted by Crippen LogP contribution is 2.11. The number of hydrogen-bond donors (Lipinski definition) is 1. The summed E-state index contributed by atoms with van der Waals surface area (Å²) in [5.74, 6) is -1.13. The minimum absolute atomic E-state index is 0.153. The molecular formula is C10H9FN4O. The predicted molar refractivity (Wildman–Crippen MR) is 54.0 cm³/mol. The number of carbonyl (C=O) groups excluding carboxylic acids is 1. The number of nitrogens with zero attached hydrogens (tertiary/aromatic N) is 3. The number of halogens is 1. The third-order valence-electron chi connectivity index (χ3n) is 2.14. The van der Waals surface area contributed by atoms with Gasteiger partial charge < -0.3 is 5.73 Å². The highest BCUT2D eigenvalue weighted by Gasteiger charge is 2.07. The van der Waals surface area contributed by atoms with Crippen LogP contribution in [0.1, 0.15) is 15.9 Å². The molecule has 1 heterocycles. The Balaban J connectivity index is 2.26. The van der Waals surface area contributed by atoms with Crippen molar-refractivity contribution in [3.8, 4) is 0 Å². The van der Waals surface area contributed by atoms with Gasteiger partial charge in [-0.2, -0.15) is 5.10 Å². The fourth-order valence-electron chi connectivity index (χ4n) is 1.32. The molecule has 0 aliphatic rings. The van der Waals surface area contributed by atoms with E-state index >= 15 is 0 Å². The van der Waals surface area contributed by atoms with Crippen LogP contribution in [0.25, 0.3) is 0 Å². The van der Waals surface area contributed by atoms with Crippen molar-refractivity contribution in [3.63, 3.8) is 0 Å². The van der Waals surface area contributed by atoms with Gasteiger partial charge in [-0.15, -0.1) is 0 Å². The molecule has 0 saturated carbocycles. The summed E-state index contributed by atoms with van der Waals surface area (Å²) in [5, 5.41) is 3.86. The van der Waals surface area contributed by atoms with Crippen molar-refractivity contribution in [1.82, 2.24) is 14.8 Å². The van der Waals surface area contributed by atoms with Gasteiger partial charge in [0.2, 0.25) is 5.91 Å². The molecule has 82 valence electrons. The largest absolute Gasteiger partial charge is 0.366 e. The normalized spacial score (nSPS) is 10.3. The molecule has 0 aliphatic heterocycles. The molecule has 2 aromatic rings. The third kappa shape index (κ3) is 2.05. The van der Waals surface area contributed by atoms with Crippen molar-refractivity contribution < 1.29 is 9.18 Å². The lowest BCUT2D eigenvalue weighted by atomic mass is 10.1. The van der Waals surface area contributed by atoms with Crippen molar-refractivity contribution >= 4 is 5.91 Å². The molecule has 0 atom stereocenters. The Morgan fingerprint density at radius 2 is 2.31 bits per heavy atom. The van der Waals surface area contributed by atoms with Gasteiger partial charge in [0.05, 0.1) is 6.54 Å². The van der Waals surface area contributed by atoms with Crippen molar-refractivity contribution in [1.29, 1.82) is 0 Å². The summed E-state index contributed by atoms with van der Waals surface area (Å²) in [6.07, 6.45) is 2.86. The first-order chi connectivity index (χ1) is 7.66. The average Bonchev–Trinajstić information content (AvgIpc) is 2.73. The Kier molecular flexibility index (Phi) is 2.63. The van der Waals surface area contributed by atoms with Gasteiger partial charge in [-0.05, 0) is 12.1 Å². The Morgan fingerprint density at radius 1 is 1.50 bits per heavy atom. The topological polar surface area (TPSA) is 73.8 Å². The molecule has 1 aromatic heterocycles. The van der Waals surface area contributed by atoms with Crippen molar-refractivity contribution in [2.24, 2.45) is 5.73 Å². The molecule has 0 unspecified atom stereocenters. The lowest BCUT2D eigenvalue weighted by Gasteiger charge is -2.04. The van der Waals surface area contributed by atoms with E-state index in [2.05, 4.69) is 10.1 Å². The van der Waals surface area contributed by atoms with Crippen molar-refractivity contribution in [3.05, 3.63) is 47.8 Å². The van der Waals surface area contributed by atoms with Crippen LogP contribution in [-0.2, 0) is 6.54 Å². The van der Waals surface area contributed by atoms with E-state index in [1.807, 2.05) is 0 Å². The Morgan fingerprint density at radius 3 is 2.88 bits per heavy atom. The molecule has 6 heteroatoms. The summed E-state index contributed by atoms with van der Waals surface area (Å²) in [5.41, 5.74) is 5.61. The third-order valence-corrected chi connectivity index (χ3v) is 2.14. The van der Waals surface area contributed by atoms with E-state index in [-0.39, 0.29) is 12.1 Å². The van der Waals surface area contributed by atoms with E-state index < -0.39 is 11.7 Å². The second-order valence-electron chi connectivity index (χ2n) is 3.26. The standard InChI is InChI=1S/C10H9FN4O/c11-9-3-7(10(12)16)1-2-8(9)4-15-6-13-5-14-15/h1-3,5-6H,4H2,(H2,12,16). The van der Waals surface area contributed by atoms with Crippen LogP contribution in [-0.4, -0.2) is 20.7 Å². The van der Waals surface area contributed by atoms with E-state index in [0.717, 1.165) is 6.07 Å². The minimum Gasteiger partial charge on any atom is -0.366 e. The first kappa shape index (κ1) is 10.3. The van der Waals surface area contributed by atoms with Crippen LogP contribution < -0.4 is 5.73 Å². The van der Waals surface area contributed by atoms with E-state index in [9.17, 15) is 9.18 Å².